The van der Waals surface area contributed by atoms with E-state index in [1.54, 1.807) is 0 Å². The zero-order chi connectivity index (χ0) is 13.0. The molecular weight excluding hydrogens is 254 g/mol. The monoisotopic (exact) mass is 264 g/mol. The molecule has 0 saturated carbocycles. The summed E-state index contributed by atoms with van der Waals surface area (Å²) in [5, 5.41) is -0.749. The van der Waals surface area contributed by atoms with E-state index in [1.165, 1.54) is 32.2 Å². The lowest BCUT2D eigenvalue weighted by Gasteiger charge is -2.10. The fourth-order valence-electron chi connectivity index (χ4n) is 1.23. The number of carbonyl (C=O) groups is 1. The van der Waals surface area contributed by atoms with Gasteiger partial charge in [0.2, 0.25) is 0 Å². The number of hydrogen-bond acceptors (Lipinski definition) is 3. The van der Waals surface area contributed by atoms with Crippen molar-refractivity contribution in [2.24, 2.45) is 0 Å². The third-order valence-corrected chi connectivity index (χ3v) is 2.18. The number of ether oxygens (including phenoxy) is 2. The van der Waals surface area contributed by atoms with Gasteiger partial charge < -0.3 is 9.47 Å². The minimum atomic E-state index is -2.96. The van der Waals surface area contributed by atoms with Crippen LogP contribution in [0.15, 0.2) is 18.2 Å². The fourth-order valence-corrected chi connectivity index (χ4v) is 1.36. The number of carbonyl (C=O) groups excluding carboxylic acids is 1. The van der Waals surface area contributed by atoms with Gasteiger partial charge in [0.05, 0.1) is 12.5 Å². The standard InChI is InChI=1S/C11H11ClF2O3/c1-6(12)10(15)7-3-8(16-2)5-9(4-7)17-11(13)14/h3-6,11H,1-2H3. The maximum Gasteiger partial charge on any atom is 0.387 e. The van der Waals surface area contributed by atoms with Crippen molar-refractivity contribution < 1.29 is 23.0 Å². The molecule has 0 bridgehead atoms. The van der Waals surface area contributed by atoms with E-state index in [-0.39, 0.29) is 22.8 Å². The number of halogens is 3. The van der Waals surface area contributed by atoms with E-state index in [1.807, 2.05) is 0 Å². The highest BCUT2D eigenvalue weighted by molar-refractivity contribution is 6.33. The van der Waals surface area contributed by atoms with Gasteiger partial charge in [-0.1, -0.05) is 0 Å². The predicted molar refractivity (Wildman–Crippen MR) is 59.3 cm³/mol. The Kier molecular flexibility index (Phi) is 4.69. The molecule has 17 heavy (non-hydrogen) atoms. The summed E-state index contributed by atoms with van der Waals surface area (Å²) in [5.74, 6) is -0.270. The zero-order valence-electron chi connectivity index (χ0n) is 9.25. The van der Waals surface area contributed by atoms with Gasteiger partial charge in [0.1, 0.15) is 11.5 Å². The Morgan fingerprint density at radius 3 is 2.35 bits per heavy atom. The van der Waals surface area contributed by atoms with Crippen molar-refractivity contribution in [3.63, 3.8) is 0 Å². The van der Waals surface area contributed by atoms with Crippen molar-refractivity contribution in [1.82, 2.24) is 0 Å². The van der Waals surface area contributed by atoms with Crippen LogP contribution in [0, 0.1) is 0 Å². The van der Waals surface area contributed by atoms with Crippen LogP contribution in [0.4, 0.5) is 8.78 Å². The maximum absolute atomic E-state index is 12.1. The molecule has 0 saturated heterocycles. The minimum Gasteiger partial charge on any atom is -0.497 e. The Labute approximate surface area is 102 Å². The molecule has 0 aliphatic heterocycles. The zero-order valence-corrected chi connectivity index (χ0v) is 10.0. The van der Waals surface area contributed by atoms with Crippen LogP contribution in [0.2, 0.25) is 0 Å². The highest BCUT2D eigenvalue weighted by Crippen LogP contribution is 2.25. The lowest BCUT2D eigenvalue weighted by atomic mass is 10.1. The van der Waals surface area contributed by atoms with E-state index >= 15 is 0 Å². The van der Waals surface area contributed by atoms with Gasteiger partial charge in [0.25, 0.3) is 0 Å². The van der Waals surface area contributed by atoms with Gasteiger partial charge >= 0.3 is 6.61 Å². The molecule has 94 valence electrons. The molecule has 1 aromatic carbocycles. The summed E-state index contributed by atoms with van der Waals surface area (Å²) in [4.78, 5) is 11.6. The molecule has 0 N–H and O–H groups in total. The van der Waals surface area contributed by atoms with E-state index in [0.29, 0.717) is 0 Å². The Balaban J connectivity index is 3.09. The third-order valence-electron chi connectivity index (χ3n) is 1.99. The average molecular weight is 265 g/mol. The number of ketones is 1. The maximum atomic E-state index is 12.1. The van der Waals surface area contributed by atoms with Crippen LogP contribution in [0.3, 0.4) is 0 Å². The second kappa shape index (κ2) is 5.82. The van der Waals surface area contributed by atoms with Crippen molar-refractivity contribution >= 4 is 17.4 Å². The third kappa shape index (κ3) is 3.85. The van der Waals surface area contributed by atoms with Crippen LogP contribution < -0.4 is 9.47 Å². The number of benzene rings is 1. The van der Waals surface area contributed by atoms with Gasteiger partial charge in [0.15, 0.2) is 5.78 Å². The summed E-state index contributed by atoms with van der Waals surface area (Å²) >= 11 is 5.64. The Morgan fingerprint density at radius 1 is 1.29 bits per heavy atom. The number of methoxy groups -OCH3 is 1. The molecule has 0 aliphatic rings. The molecule has 1 rings (SSSR count). The summed E-state index contributed by atoms with van der Waals surface area (Å²) < 4.78 is 33.3. The minimum absolute atomic E-state index is 0.139. The molecule has 1 atom stereocenters. The molecule has 0 aliphatic carbocycles. The highest BCUT2D eigenvalue weighted by Gasteiger charge is 2.16. The molecule has 0 spiro atoms. The molecule has 1 aromatic rings. The van der Waals surface area contributed by atoms with E-state index in [9.17, 15) is 13.6 Å². The Morgan fingerprint density at radius 2 is 1.88 bits per heavy atom. The molecule has 0 radical (unpaired) electrons. The van der Waals surface area contributed by atoms with Gasteiger partial charge in [-0.15, -0.1) is 11.6 Å². The molecule has 1 unspecified atom stereocenters. The summed E-state index contributed by atoms with van der Waals surface area (Å²) in [5.41, 5.74) is 0.169. The van der Waals surface area contributed by atoms with Crippen LogP contribution in [-0.4, -0.2) is 24.9 Å². The lowest BCUT2D eigenvalue weighted by molar-refractivity contribution is -0.0499. The van der Waals surface area contributed by atoms with Gasteiger partial charge in [0, 0.05) is 11.6 Å². The number of Topliss-reactive ketones (excluding diaryl/α,β-unsaturated/α-hetero) is 1. The lowest BCUT2D eigenvalue weighted by Crippen LogP contribution is -2.11. The Bertz CT molecular complexity index is 408. The van der Waals surface area contributed by atoms with Crippen molar-refractivity contribution in [3.8, 4) is 11.5 Å². The molecule has 0 aromatic heterocycles. The van der Waals surface area contributed by atoms with E-state index in [4.69, 9.17) is 16.3 Å². The number of hydrogen-bond donors (Lipinski definition) is 0. The quantitative estimate of drug-likeness (QED) is 0.605. The van der Waals surface area contributed by atoms with Crippen LogP contribution in [0.25, 0.3) is 0 Å². The molecule has 3 nitrogen and oxygen atoms in total. The molecule has 0 amide bonds. The SMILES string of the molecule is COc1cc(OC(F)F)cc(C(=O)C(C)Cl)c1. The molecule has 6 heteroatoms. The average Bonchev–Trinajstić information content (AvgIpc) is 2.26. The van der Waals surface area contributed by atoms with Crippen LogP contribution in [0.5, 0.6) is 11.5 Å². The van der Waals surface area contributed by atoms with Gasteiger partial charge in [-0.2, -0.15) is 8.78 Å². The second-order valence-corrected chi connectivity index (χ2v) is 3.91. The summed E-state index contributed by atoms with van der Waals surface area (Å²) in [6.45, 7) is -1.46. The normalized spacial score (nSPS) is 12.4. The topological polar surface area (TPSA) is 35.5 Å². The Hall–Kier alpha value is -1.36. The van der Waals surface area contributed by atoms with E-state index in [2.05, 4.69) is 4.74 Å². The summed E-state index contributed by atoms with van der Waals surface area (Å²) in [6, 6.07) is 3.89. The summed E-state index contributed by atoms with van der Waals surface area (Å²) in [7, 11) is 1.36. The smallest absolute Gasteiger partial charge is 0.387 e. The number of rotatable bonds is 5. The van der Waals surface area contributed by atoms with Gasteiger partial charge in [-0.05, 0) is 19.1 Å². The predicted octanol–water partition coefficient (Wildman–Crippen LogP) is 3.11. The second-order valence-electron chi connectivity index (χ2n) is 3.26. The van der Waals surface area contributed by atoms with E-state index in [0.717, 1.165) is 0 Å². The van der Waals surface area contributed by atoms with Crippen LogP contribution in [0.1, 0.15) is 17.3 Å². The van der Waals surface area contributed by atoms with Crippen LogP contribution >= 0.6 is 11.6 Å². The molecule has 0 heterocycles. The summed E-state index contributed by atoms with van der Waals surface area (Å²) in [6.07, 6.45) is 0. The van der Waals surface area contributed by atoms with Gasteiger partial charge in [-0.25, -0.2) is 0 Å². The largest absolute Gasteiger partial charge is 0.497 e. The van der Waals surface area contributed by atoms with Crippen molar-refractivity contribution in [3.05, 3.63) is 23.8 Å². The van der Waals surface area contributed by atoms with Crippen LogP contribution in [-0.2, 0) is 0 Å². The van der Waals surface area contributed by atoms with Crippen molar-refractivity contribution in [2.45, 2.75) is 18.9 Å². The first-order chi connectivity index (χ1) is 7.93. The number of alkyl halides is 3. The molecule has 0 fully saturated rings. The molecular formula is C11H11ClF2O3. The first-order valence-electron chi connectivity index (χ1n) is 4.76. The van der Waals surface area contributed by atoms with E-state index < -0.39 is 12.0 Å². The fraction of sp³-hybridized carbons (Fsp3) is 0.364. The first-order valence-corrected chi connectivity index (χ1v) is 5.20. The van der Waals surface area contributed by atoms with Crippen molar-refractivity contribution in [1.29, 1.82) is 0 Å². The van der Waals surface area contributed by atoms with Crippen molar-refractivity contribution in [2.75, 3.05) is 7.11 Å². The highest BCUT2D eigenvalue weighted by atomic mass is 35.5. The first kappa shape index (κ1) is 13.7. The van der Waals surface area contributed by atoms with Gasteiger partial charge in [-0.3, -0.25) is 4.79 Å².